The molecular formula is C16H18BrNO. The molecule has 0 fully saturated rings. The van der Waals surface area contributed by atoms with Crippen LogP contribution in [0.1, 0.15) is 13.8 Å². The first kappa shape index (κ1) is 13.9. The highest BCUT2D eigenvalue weighted by molar-refractivity contribution is 9.10. The van der Waals surface area contributed by atoms with Gasteiger partial charge in [0.15, 0.2) is 0 Å². The van der Waals surface area contributed by atoms with Gasteiger partial charge in [0.1, 0.15) is 11.5 Å². The average Bonchev–Trinajstić information content (AvgIpc) is 2.44. The first-order valence-corrected chi connectivity index (χ1v) is 7.30. The summed E-state index contributed by atoms with van der Waals surface area (Å²) in [5, 5.41) is 0. The number of benzene rings is 2. The normalized spacial score (nSPS) is 10.3. The molecule has 0 atom stereocenters. The number of nitrogens with zero attached hydrogens (tertiary/aromatic N) is 1. The van der Waals surface area contributed by atoms with E-state index in [1.165, 1.54) is 5.69 Å². The predicted octanol–water partition coefficient (Wildman–Crippen LogP) is 5.09. The standard InChI is InChI=1S/C16H18BrNO/c1-3-18(4-2)14-7-11-16(12-8-14)19-15-9-5-13(17)6-10-15/h5-12H,3-4H2,1-2H3. The second kappa shape index (κ2) is 6.62. The Labute approximate surface area is 123 Å². The van der Waals surface area contributed by atoms with Crippen molar-refractivity contribution in [2.45, 2.75) is 13.8 Å². The second-order valence-corrected chi connectivity index (χ2v) is 5.14. The minimum Gasteiger partial charge on any atom is -0.457 e. The van der Waals surface area contributed by atoms with Crippen LogP contribution in [0.25, 0.3) is 0 Å². The number of halogens is 1. The van der Waals surface area contributed by atoms with Crippen molar-refractivity contribution < 1.29 is 4.74 Å². The minimum atomic E-state index is 0.846. The molecule has 0 aliphatic rings. The molecule has 3 heteroatoms. The zero-order chi connectivity index (χ0) is 13.7. The van der Waals surface area contributed by atoms with Crippen LogP contribution in [0.4, 0.5) is 5.69 Å². The molecule has 0 saturated heterocycles. The lowest BCUT2D eigenvalue weighted by atomic mass is 10.2. The van der Waals surface area contributed by atoms with Crippen molar-refractivity contribution in [3.63, 3.8) is 0 Å². The van der Waals surface area contributed by atoms with Gasteiger partial charge in [-0.05, 0) is 62.4 Å². The minimum absolute atomic E-state index is 0.846. The largest absolute Gasteiger partial charge is 0.457 e. The highest BCUT2D eigenvalue weighted by Crippen LogP contribution is 2.25. The highest BCUT2D eigenvalue weighted by atomic mass is 79.9. The lowest BCUT2D eigenvalue weighted by molar-refractivity contribution is 0.482. The molecule has 0 aliphatic heterocycles. The molecule has 0 heterocycles. The van der Waals surface area contributed by atoms with Gasteiger partial charge in [0.05, 0.1) is 0 Å². The molecule has 19 heavy (non-hydrogen) atoms. The predicted molar refractivity (Wildman–Crippen MR) is 84.2 cm³/mol. The summed E-state index contributed by atoms with van der Waals surface area (Å²) < 4.78 is 6.85. The maximum atomic E-state index is 5.80. The first-order valence-electron chi connectivity index (χ1n) is 6.51. The van der Waals surface area contributed by atoms with Crippen LogP contribution in [-0.4, -0.2) is 13.1 Å². The highest BCUT2D eigenvalue weighted by Gasteiger charge is 2.02. The van der Waals surface area contributed by atoms with Crippen LogP contribution in [0.3, 0.4) is 0 Å². The molecule has 0 aromatic heterocycles. The Morgan fingerprint density at radius 2 is 1.32 bits per heavy atom. The van der Waals surface area contributed by atoms with Gasteiger partial charge >= 0.3 is 0 Å². The summed E-state index contributed by atoms with van der Waals surface area (Å²) >= 11 is 3.41. The third-order valence-corrected chi connectivity index (χ3v) is 3.54. The van der Waals surface area contributed by atoms with Crippen LogP contribution in [0, 0.1) is 0 Å². The van der Waals surface area contributed by atoms with E-state index in [0.717, 1.165) is 29.1 Å². The van der Waals surface area contributed by atoms with Gasteiger partial charge in [-0.3, -0.25) is 0 Å². The lowest BCUT2D eigenvalue weighted by Gasteiger charge is -2.21. The number of hydrogen-bond donors (Lipinski definition) is 0. The molecular weight excluding hydrogens is 302 g/mol. The topological polar surface area (TPSA) is 12.5 Å². The van der Waals surface area contributed by atoms with E-state index in [4.69, 9.17) is 4.74 Å². The molecule has 0 bridgehead atoms. The molecule has 0 radical (unpaired) electrons. The summed E-state index contributed by atoms with van der Waals surface area (Å²) in [5.41, 5.74) is 1.23. The molecule has 0 N–H and O–H groups in total. The molecule has 2 aromatic rings. The Morgan fingerprint density at radius 1 is 0.842 bits per heavy atom. The second-order valence-electron chi connectivity index (χ2n) is 4.22. The van der Waals surface area contributed by atoms with E-state index in [-0.39, 0.29) is 0 Å². The third kappa shape index (κ3) is 3.74. The van der Waals surface area contributed by atoms with Gasteiger partial charge in [-0.15, -0.1) is 0 Å². The smallest absolute Gasteiger partial charge is 0.127 e. The summed E-state index contributed by atoms with van der Waals surface area (Å²) in [4.78, 5) is 2.31. The number of hydrogen-bond acceptors (Lipinski definition) is 2. The number of ether oxygens (including phenoxy) is 1. The fourth-order valence-electron chi connectivity index (χ4n) is 1.95. The molecule has 0 amide bonds. The van der Waals surface area contributed by atoms with E-state index in [2.05, 4.69) is 46.8 Å². The van der Waals surface area contributed by atoms with Gasteiger partial charge in [-0.25, -0.2) is 0 Å². The monoisotopic (exact) mass is 319 g/mol. The van der Waals surface area contributed by atoms with Gasteiger partial charge in [-0.1, -0.05) is 15.9 Å². The Kier molecular flexibility index (Phi) is 4.86. The van der Waals surface area contributed by atoms with Crippen LogP contribution >= 0.6 is 15.9 Å². The van der Waals surface area contributed by atoms with Crippen LogP contribution in [0.2, 0.25) is 0 Å². The maximum absolute atomic E-state index is 5.80. The van der Waals surface area contributed by atoms with Crippen molar-refractivity contribution in [2.24, 2.45) is 0 Å². The summed E-state index contributed by atoms with van der Waals surface area (Å²) in [6.07, 6.45) is 0. The van der Waals surface area contributed by atoms with E-state index in [1.54, 1.807) is 0 Å². The summed E-state index contributed by atoms with van der Waals surface area (Å²) in [5.74, 6) is 1.71. The fourth-order valence-corrected chi connectivity index (χ4v) is 2.22. The molecule has 100 valence electrons. The van der Waals surface area contributed by atoms with Crippen molar-refractivity contribution >= 4 is 21.6 Å². The SMILES string of the molecule is CCN(CC)c1ccc(Oc2ccc(Br)cc2)cc1. The van der Waals surface area contributed by atoms with Gasteiger partial charge in [0, 0.05) is 23.2 Å². The van der Waals surface area contributed by atoms with Crippen molar-refractivity contribution in [3.05, 3.63) is 53.0 Å². The molecule has 2 aromatic carbocycles. The Bertz CT molecular complexity index is 503. The van der Waals surface area contributed by atoms with Crippen LogP contribution in [0.5, 0.6) is 11.5 Å². The molecule has 0 saturated carbocycles. The fraction of sp³-hybridized carbons (Fsp3) is 0.250. The van der Waals surface area contributed by atoms with Gasteiger partial charge < -0.3 is 9.64 Å². The molecule has 2 nitrogen and oxygen atoms in total. The van der Waals surface area contributed by atoms with Crippen LogP contribution in [-0.2, 0) is 0 Å². The zero-order valence-corrected chi connectivity index (χ0v) is 12.9. The number of anilines is 1. The van der Waals surface area contributed by atoms with Gasteiger partial charge in [-0.2, -0.15) is 0 Å². The quantitative estimate of drug-likeness (QED) is 0.761. The van der Waals surface area contributed by atoms with Crippen molar-refractivity contribution in [3.8, 4) is 11.5 Å². The molecule has 0 aliphatic carbocycles. The number of rotatable bonds is 5. The zero-order valence-electron chi connectivity index (χ0n) is 11.3. The van der Waals surface area contributed by atoms with E-state index in [0.29, 0.717) is 0 Å². The Morgan fingerprint density at radius 3 is 1.79 bits per heavy atom. The van der Waals surface area contributed by atoms with Gasteiger partial charge in [0.2, 0.25) is 0 Å². The third-order valence-electron chi connectivity index (χ3n) is 3.01. The Hall–Kier alpha value is -1.48. The molecule has 0 spiro atoms. The summed E-state index contributed by atoms with van der Waals surface area (Å²) in [6, 6.07) is 16.1. The average molecular weight is 320 g/mol. The molecule has 2 rings (SSSR count). The van der Waals surface area contributed by atoms with Gasteiger partial charge in [0.25, 0.3) is 0 Å². The van der Waals surface area contributed by atoms with E-state index in [1.807, 2.05) is 36.4 Å². The van der Waals surface area contributed by atoms with E-state index < -0.39 is 0 Å². The van der Waals surface area contributed by atoms with Crippen molar-refractivity contribution in [1.29, 1.82) is 0 Å². The summed E-state index contributed by atoms with van der Waals surface area (Å²) in [6.45, 7) is 6.36. The molecule has 0 unspecified atom stereocenters. The maximum Gasteiger partial charge on any atom is 0.127 e. The first-order chi connectivity index (χ1) is 9.22. The van der Waals surface area contributed by atoms with Crippen LogP contribution < -0.4 is 9.64 Å². The van der Waals surface area contributed by atoms with E-state index >= 15 is 0 Å². The Balaban J connectivity index is 2.08. The van der Waals surface area contributed by atoms with Crippen LogP contribution in [0.15, 0.2) is 53.0 Å². The van der Waals surface area contributed by atoms with Crippen molar-refractivity contribution in [1.82, 2.24) is 0 Å². The lowest BCUT2D eigenvalue weighted by Crippen LogP contribution is -2.21. The summed E-state index contributed by atoms with van der Waals surface area (Å²) in [7, 11) is 0. The van der Waals surface area contributed by atoms with Crippen molar-refractivity contribution in [2.75, 3.05) is 18.0 Å². The van der Waals surface area contributed by atoms with E-state index in [9.17, 15) is 0 Å².